The fourth-order valence-electron chi connectivity index (χ4n) is 3.94. The molecule has 0 saturated heterocycles. The quantitative estimate of drug-likeness (QED) is 0.219. The topological polar surface area (TPSA) is 27.1 Å². The van der Waals surface area contributed by atoms with Crippen LogP contribution in [-0.2, 0) is 24.7 Å². The SMILES string of the molecule is COc1ccc(-n2c(-c3cc(C(F)(F)F)cc(C(F)(F)F)c3)cnc2-c2cc(C(F)(F)F)cc(C(F)(F)F)c2)cc1. The van der Waals surface area contributed by atoms with Crippen molar-refractivity contribution < 1.29 is 57.4 Å². The molecule has 0 spiro atoms. The number of rotatable bonds is 4. The maximum atomic E-state index is 13.5. The van der Waals surface area contributed by atoms with Crippen LogP contribution in [0.15, 0.2) is 66.9 Å². The van der Waals surface area contributed by atoms with Crippen LogP contribution in [0.2, 0.25) is 0 Å². The summed E-state index contributed by atoms with van der Waals surface area (Å²) in [7, 11) is 1.28. The Morgan fingerprint density at radius 3 is 1.32 bits per heavy atom. The molecule has 218 valence electrons. The summed E-state index contributed by atoms with van der Waals surface area (Å²) in [5.41, 5.74) is -8.78. The van der Waals surface area contributed by atoms with Crippen LogP contribution in [0.3, 0.4) is 0 Å². The molecule has 0 unspecified atom stereocenters. The molecule has 0 radical (unpaired) electrons. The van der Waals surface area contributed by atoms with E-state index in [4.69, 9.17) is 4.74 Å². The van der Waals surface area contributed by atoms with Crippen LogP contribution >= 0.6 is 0 Å². The molecular formula is C26H14F12N2O. The molecule has 0 aliphatic heterocycles. The largest absolute Gasteiger partial charge is 0.497 e. The lowest BCUT2D eigenvalue weighted by molar-refractivity contribution is -0.144. The van der Waals surface area contributed by atoms with Gasteiger partial charge in [0.05, 0.1) is 41.3 Å². The minimum atomic E-state index is -5.24. The van der Waals surface area contributed by atoms with Crippen LogP contribution in [0, 0.1) is 0 Å². The van der Waals surface area contributed by atoms with Gasteiger partial charge in [-0.25, -0.2) is 4.98 Å². The number of benzene rings is 3. The van der Waals surface area contributed by atoms with Crippen LogP contribution in [0.5, 0.6) is 5.75 Å². The second kappa shape index (κ2) is 10.0. The Hall–Kier alpha value is -4.17. The molecule has 0 saturated carbocycles. The minimum absolute atomic E-state index is 0.0646. The van der Waals surface area contributed by atoms with Gasteiger partial charge in [-0.05, 0) is 60.7 Å². The molecule has 0 fully saturated rings. The zero-order valence-electron chi connectivity index (χ0n) is 20.2. The number of ether oxygens (including phenoxy) is 1. The molecule has 41 heavy (non-hydrogen) atoms. The van der Waals surface area contributed by atoms with Crippen molar-refractivity contribution in [1.29, 1.82) is 0 Å². The van der Waals surface area contributed by atoms with E-state index in [0.717, 1.165) is 10.8 Å². The first-order valence-electron chi connectivity index (χ1n) is 11.1. The maximum absolute atomic E-state index is 13.5. The van der Waals surface area contributed by atoms with Gasteiger partial charge in [-0.2, -0.15) is 52.7 Å². The fraction of sp³-hybridized carbons (Fsp3) is 0.192. The van der Waals surface area contributed by atoms with E-state index in [1.165, 1.54) is 31.4 Å². The van der Waals surface area contributed by atoms with Gasteiger partial charge in [0.25, 0.3) is 0 Å². The lowest BCUT2D eigenvalue weighted by Gasteiger charge is -2.18. The van der Waals surface area contributed by atoms with Crippen molar-refractivity contribution in [2.75, 3.05) is 7.11 Å². The Balaban J connectivity index is 2.08. The number of hydrogen-bond acceptors (Lipinski definition) is 2. The highest BCUT2D eigenvalue weighted by molar-refractivity contribution is 5.72. The molecule has 0 atom stereocenters. The number of imidazole rings is 1. The molecule has 0 amide bonds. The van der Waals surface area contributed by atoms with E-state index in [1.807, 2.05) is 0 Å². The van der Waals surface area contributed by atoms with Crippen molar-refractivity contribution in [3.05, 3.63) is 89.1 Å². The number of nitrogens with zero attached hydrogens (tertiary/aromatic N) is 2. The zero-order chi connectivity index (χ0) is 30.5. The van der Waals surface area contributed by atoms with Crippen LogP contribution in [0.4, 0.5) is 52.7 Å². The predicted octanol–water partition coefficient (Wildman–Crippen LogP) is 9.29. The molecule has 4 aromatic rings. The molecule has 4 rings (SSSR count). The minimum Gasteiger partial charge on any atom is -0.497 e. The van der Waals surface area contributed by atoms with E-state index in [1.54, 1.807) is 0 Å². The summed E-state index contributed by atoms with van der Waals surface area (Å²) in [4.78, 5) is 3.85. The van der Waals surface area contributed by atoms with E-state index >= 15 is 0 Å². The van der Waals surface area contributed by atoms with Gasteiger partial charge in [0.15, 0.2) is 0 Å². The molecule has 1 heterocycles. The monoisotopic (exact) mass is 598 g/mol. The van der Waals surface area contributed by atoms with Crippen LogP contribution in [-0.4, -0.2) is 16.7 Å². The Morgan fingerprint density at radius 1 is 0.561 bits per heavy atom. The summed E-state index contributed by atoms with van der Waals surface area (Å²) in [6.45, 7) is 0. The van der Waals surface area contributed by atoms with Crippen molar-refractivity contribution in [3.63, 3.8) is 0 Å². The van der Waals surface area contributed by atoms with Gasteiger partial charge in [-0.15, -0.1) is 0 Å². The Bertz CT molecular complexity index is 1400. The molecule has 1 aromatic heterocycles. The third kappa shape index (κ3) is 6.28. The standard InChI is InChI=1S/C26H14F12N2O/c1-41-20-4-2-19(3-5-20)40-21(13-6-15(23(27,28)29)10-16(7-13)24(30,31)32)12-39-22(40)14-8-17(25(33,34)35)11-18(9-14)26(36,37)38/h2-12H,1H3. The molecule has 15 heteroatoms. The van der Waals surface area contributed by atoms with E-state index in [0.29, 0.717) is 24.3 Å². The van der Waals surface area contributed by atoms with E-state index < -0.39 is 69.6 Å². The summed E-state index contributed by atoms with van der Waals surface area (Å²) in [6.07, 6.45) is -20.2. The maximum Gasteiger partial charge on any atom is 0.416 e. The van der Waals surface area contributed by atoms with E-state index in [-0.39, 0.29) is 23.6 Å². The van der Waals surface area contributed by atoms with Gasteiger partial charge >= 0.3 is 24.7 Å². The van der Waals surface area contributed by atoms with Crippen molar-refractivity contribution in [1.82, 2.24) is 9.55 Å². The highest BCUT2D eigenvalue weighted by Crippen LogP contribution is 2.42. The summed E-state index contributed by atoms with van der Waals surface area (Å²) in [5, 5.41) is 0. The average Bonchev–Trinajstić information content (AvgIpc) is 3.31. The van der Waals surface area contributed by atoms with Gasteiger partial charge in [0, 0.05) is 16.8 Å². The normalized spacial score (nSPS) is 13.0. The molecular weight excluding hydrogens is 584 g/mol. The summed E-state index contributed by atoms with van der Waals surface area (Å²) >= 11 is 0. The van der Waals surface area contributed by atoms with Crippen molar-refractivity contribution in [2.24, 2.45) is 0 Å². The van der Waals surface area contributed by atoms with Gasteiger partial charge in [-0.1, -0.05) is 0 Å². The third-order valence-electron chi connectivity index (χ3n) is 5.82. The molecule has 0 N–H and O–H groups in total. The van der Waals surface area contributed by atoms with Crippen molar-refractivity contribution >= 4 is 0 Å². The second-order valence-corrected chi connectivity index (χ2v) is 8.59. The molecule has 0 bridgehead atoms. The van der Waals surface area contributed by atoms with Crippen LogP contribution in [0.1, 0.15) is 22.3 Å². The van der Waals surface area contributed by atoms with Gasteiger partial charge in [0.1, 0.15) is 11.6 Å². The molecule has 0 aliphatic rings. The van der Waals surface area contributed by atoms with E-state index in [9.17, 15) is 52.7 Å². The smallest absolute Gasteiger partial charge is 0.416 e. The van der Waals surface area contributed by atoms with Gasteiger partial charge in [0.2, 0.25) is 0 Å². The molecule has 0 aliphatic carbocycles. The van der Waals surface area contributed by atoms with Crippen LogP contribution in [0.25, 0.3) is 28.3 Å². The Labute approximate surface area is 222 Å². The number of halogens is 12. The van der Waals surface area contributed by atoms with Gasteiger partial charge in [-0.3, -0.25) is 4.57 Å². The van der Waals surface area contributed by atoms with Crippen LogP contribution < -0.4 is 4.74 Å². The first-order valence-corrected chi connectivity index (χ1v) is 11.1. The predicted molar refractivity (Wildman–Crippen MR) is 121 cm³/mol. The highest BCUT2D eigenvalue weighted by atomic mass is 19.4. The summed E-state index contributed by atoms with van der Waals surface area (Å²) in [5.74, 6) is -0.374. The highest BCUT2D eigenvalue weighted by Gasteiger charge is 2.39. The summed E-state index contributed by atoms with van der Waals surface area (Å²) in [6, 6.07) is 6.26. The Kier molecular flexibility index (Phi) is 7.29. The van der Waals surface area contributed by atoms with Crippen molar-refractivity contribution in [3.8, 4) is 34.1 Å². The van der Waals surface area contributed by atoms with Crippen molar-refractivity contribution in [2.45, 2.75) is 24.7 Å². The molecule has 3 nitrogen and oxygen atoms in total. The summed E-state index contributed by atoms with van der Waals surface area (Å²) < 4.78 is 168. The number of methoxy groups -OCH3 is 1. The lowest BCUT2D eigenvalue weighted by Crippen LogP contribution is -2.12. The molecule has 3 aromatic carbocycles. The third-order valence-corrected chi connectivity index (χ3v) is 5.82. The fourth-order valence-corrected chi connectivity index (χ4v) is 3.94. The number of hydrogen-bond donors (Lipinski definition) is 0. The second-order valence-electron chi connectivity index (χ2n) is 8.59. The first kappa shape index (κ1) is 29.8. The van der Waals surface area contributed by atoms with E-state index in [2.05, 4.69) is 4.98 Å². The lowest BCUT2D eigenvalue weighted by atomic mass is 10.0. The average molecular weight is 598 g/mol. The first-order chi connectivity index (χ1) is 18.8. The number of aromatic nitrogens is 2. The Morgan fingerprint density at radius 2 is 0.951 bits per heavy atom. The van der Waals surface area contributed by atoms with Gasteiger partial charge < -0.3 is 4.74 Å². The number of alkyl halides is 12. The zero-order valence-corrected chi connectivity index (χ0v) is 20.2.